The van der Waals surface area contributed by atoms with Crippen LogP contribution in [0.25, 0.3) is 0 Å². The van der Waals surface area contributed by atoms with Crippen molar-refractivity contribution < 1.29 is 27.9 Å². The van der Waals surface area contributed by atoms with Gasteiger partial charge in [-0.25, -0.2) is 9.69 Å². The van der Waals surface area contributed by atoms with Crippen molar-refractivity contribution in [2.75, 3.05) is 11.6 Å². The molecule has 0 spiro atoms. The third-order valence-electron chi connectivity index (χ3n) is 4.69. The number of carbonyl (C=O) groups excluding carboxylic acids is 2. The Morgan fingerprint density at radius 3 is 2.39 bits per heavy atom. The number of imide groups is 1. The Balaban J connectivity index is 2.15. The largest absolute Gasteiger partial charge is 0.417 e. The maximum absolute atomic E-state index is 13.3. The van der Waals surface area contributed by atoms with Crippen molar-refractivity contribution >= 4 is 17.6 Å². The molecule has 0 aromatic heterocycles. The van der Waals surface area contributed by atoms with Gasteiger partial charge in [0.2, 0.25) is 0 Å². The van der Waals surface area contributed by atoms with E-state index in [-0.39, 0.29) is 5.69 Å². The minimum atomic E-state index is -4.85. The van der Waals surface area contributed by atoms with Crippen molar-refractivity contribution in [1.29, 1.82) is 5.26 Å². The zero-order chi connectivity index (χ0) is 20.7. The highest BCUT2D eigenvalue weighted by Crippen LogP contribution is 2.41. The average molecular weight is 388 g/mol. The first-order valence-electron chi connectivity index (χ1n) is 8.01. The van der Waals surface area contributed by atoms with E-state index >= 15 is 0 Å². The Labute approximate surface area is 158 Å². The van der Waals surface area contributed by atoms with Crippen LogP contribution in [0.3, 0.4) is 0 Å². The maximum atomic E-state index is 13.3. The van der Waals surface area contributed by atoms with Crippen molar-refractivity contribution in [2.24, 2.45) is 0 Å². The van der Waals surface area contributed by atoms with Gasteiger partial charge in [-0.1, -0.05) is 24.3 Å². The number of hydrogen-bond acceptors (Lipinski definition) is 4. The molecule has 1 N–H and O–H groups in total. The van der Waals surface area contributed by atoms with Crippen molar-refractivity contribution in [1.82, 2.24) is 4.90 Å². The number of halogens is 3. The number of amides is 3. The minimum Gasteiger partial charge on any atom is -0.376 e. The number of alkyl halides is 3. The molecule has 143 valence electrons. The normalized spacial score (nSPS) is 19.9. The number of rotatable bonds is 3. The van der Waals surface area contributed by atoms with E-state index in [0.29, 0.717) is 16.5 Å². The molecule has 0 bridgehead atoms. The lowest BCUT2D eigenvalue weighted by Gasteiger charge is -2.30. The van der Waals surface area contributed by atoms with Crippen LogP contribution in [0.15, 0.2) is 42.5 Å². The van der Waals surface area contributed by atoms with Crippen LogP contribution in [-0.2, 0) is 16.5 Å². The predicted molar refractivity (Wildman–Crippen MR) is 90.6 cm³/mol. The summed E-state index contributed by atoms with van der Waals surface area (Å²) in [7, 11) is 0. The fourth-order valence-electron chi connectivity index (χ4n) is 3.16. The van der Waals surface area contributed by atoms with Crippen LogP contribution in [0.1, 0.15) is 23.6 Å². The van der Waals surface area contributed by atoms with Crippen LogP contribution in [0.2, 0.25) is 0 Å². The van der Waals surface area contributed by atoms with Gasteiger partial charge < -0.3 is 5.11 Å². The molecule has 28 heavy (non-hydrogen) atoms. The molecule has 3 amide bonds. The number of benzene rings is 2. The van der Waals surface area contributed by atoms with Gasteiger partial charge in [-0.15, -0.1) is 0 Å². The van der Waals surface area contributed by atoms with E-state index in [1.54, 1.807) is 0 Å². The summed E-state index contributed by atoms with van der Waals surface area (Å²) < 4.78 is 39.8. The van der Waals surface area contributed by atoms with Gasteiger partial charge in [0.05, 0.1) is 22.9 Å². The molecule has 1 saturated heterocycles. The summed E-state index contributed by atoms with van der Waals surface area (Å²) in [6.07, 6.45) is -4.85. The van der Waals surface area contributed by atoms with Gasteiger partial charge in [-0.3, -0.25) is 9.69 Å². The van der Waals surface area contributed by atoms with Crippen LogP contribution in [0, 0.1) is 17.4 Å². The summed E-state index contributed by atoms with van der Waals surface area (Å²) in [5, 5.41) is 18.6. The molecule has 0 saturated carbocycles. The second-order valence-corrected chi connectivity index (χ2v) is 6.19. The summed E-state index contributed by atoms with van der Waals surface area (Å²) in [6.45, 7) is 0.575. The van der Waals surface area contributed by atoms with Gasteiger partial charge in [-0.05, 0) is 36.8 Å². The van der Waals surface area contributed by atoms with E-state index in [1.807, 2.05) is 0 Å². The van der Waals surface area contributed by atoms with Crippen molar-refractivity contribution in [2.45, 2.75) is 18.6 Å². The molecule has 1 unspecified atom stereocenters. The Bertz CT molecular complexity index is 985. The molecule has 1 radical (unpaired) electrons. The number of nitrogens with zero attached hydrogens (tertiary/aromatic N) is 3. The zero-order valence-electron chi connectivity index (χ0n) is 14.5. The van der Waals surface area contributed by atoms with Crippen LogP contribution in [0.5, 0.6) is 0 Å². The number of carbonyl (C=O) groups is 2. The number of aliphatic hydroxyl groups excluding tert-OH is 1. The van der Waals surface area contributed by atoms with Gasteiger partial charge in [0.1, 0.15) is 12.3 Å². The first-order chi connectivity index (χ1) is 13.2. The van der Waals surface area contributed by atoms with E-state index in [0.717, 1.165) is 17.0 Å². The van der Waals surface area contributed by atoms with Crippen molar-refractivity contribution in [3.05, 3.63) is 65.2 Å². The molecule has 2 aromatic rings. The van der Waals surface area contributed by atoms with Crippen LogP contribution < -0.4 is 4.90 Å². The Kier molecular flexibility index (Phi) is 4.61. The van der Waals surface area contributed by atoms with Gasteiger partial charge in [0, 0.05) is 0 Å². The molecule has 1 fully saturated rings. The fourth-order valence-corrected chi connectivity index (χ4v) is 3.16. The average Bonchev–Trinajstić information content (AvgIpc) is 2.87. The molecule has 1 aliphatic rings. The lowest BCUT2D eigenvalue weighted by atomic mass is 9.90. The lowest BCUT2D eigenvalue weighted by Crippen LogP contribution is -2.44. The number of urea groups is 1. The molecule has 2 aromatic carbocycles. The van der Waals surface area contributed by atoms with Gasteiger partial charge in [0.25, 0.3) is 5.91 Å². The summed E-state index contributed by atoms with van der Waals surface area (Å²) in [6, 6.07) is 11.9. The summed E-state index contributed by atoms with van der Waals surface area (Å²) >= 11 is 0. The molecule has 0 aliphatic carbocycles. The molecule has 6 nitrogen and oxygen atoms in total. The van der Waals surface area contributed by atoms with Gasteiger partial charge >= 0.3 is 12.2 Å². The predicted octanol–water partition coefficient (Wildman–Crippen LogP) is 3.01. The standard InChI is InChI=1S/C19H13F3N3O3/c1-18(13-5-3-2-4-6-13)16(27)25(17(28)24(18)11-26)14-8-7-12(10-23)15(9-14)19(20,21)22/h3-9,26H,11H2,1H3. The first kappa shape index (κ1) is 19.4. The highest BCUT2D eigenvalue weighted by Gasteiger charge is 2.56. The molecule has 9 heteroatoms. The highest BCUT2D eigenvalue weighted by atomic mass is 19.4. The van der Waals surface area contributed by atoms with Gasteiger partial charge in [-0.2, -0.15) is 18.4 Å². The molecule has 1 aliphatic heterocycles. The summed E-state index contributed by atoms with van der Waals surface area (Å²) in [5.41, 5.74) is -3.48. The van der Waals surface area contributed by atoms with Crippen LogP contribution >= 0.6 is 0 Å². The quantitative estimate of drug-likeness (QED) is 0.820. The highest BCUT2D eigenvalue weighted by molar-refractivity contribution is 6.23. The number of anilines is 1. The van der Waals surface area contributed by atoms with E-state index in [1.165, 1.54) is 37.3 Å². The number of aliphatic hydroxyl groups is 1. The summed E-state index contributed by atoms with van der Waals surface area (Å²) in [4.78, 5) is 27.3. The first-order valence-corrected chi connectivity index (χ1v) is 8.01. The third kappa shape index (κ3) is 2.78. The monoisotopic (exact) mass is 388 g/mol. The Morgan fingerprint density at radius 1 is 1.21 bits per heavy atom. The number of nitriles is 1. The minimum absolute atomic E-state index is 0.342. The van der Waals surface area contributed by atoms with E-state index < -0.39 is 41.5 Å². The topological polar surface area (TPSA) is 84.6 Å². The van der Waals surface area contributed by atoms with E-state index in [4.69, 9.17) is 5.26 Å². The molecule has 1 atom stereocenters. The van der Waals surface area contributed by atoms with Crippen LogP contribution in [0.4, 0.5) is 23.7 Å². The third-order valence-corrected chi connectivity index (χ3v) is 4.69. The number of hydrogen-bond donors (Lipinski definition) is 1. The van der Waals surface area contributed by atoms with Crippen molar-refractivity contribution in [3.8, 4) is 6.07 Å². The smallest absolute Gasteiger partial charge is 0.376 e. The molecular weight excluding hydrogens is 375 g/mol. The molecule has 1 heterocycles. The second-order valence-electron chi connectivity index (χ2n) is 6.19. The Hall–Kier alpha value is -3.38. The Morgan fingerprint density at radius 2 is 1.86 bits per heavy atom. The SMILES string of the molecule is CC1(c2cc[c]cc2)C(=O)N(c2ccc(C#N)c(C(F)(F)F)c2)C(=O)N1CO. The zero-order valence-corrected chi connectivity index (χ0v) is 14.5. The van der Waals surface area contributed by atoms with E-state index in [2.05, 4.69) is 6.07 Å². The second kappa shape index (κ2) is 6.65. The van der Waals surface area contributed by atoms with Gasteiger partial charge in [0.15, 0.2) is 0 Å². The summed E-state index contributed by atoms with van der Waals surface area (Å²) in [5.74, 6) is -0.824. The fraction of sp³-hybridized carbons (Fsp3) is 0.211. The van der Waals surface area contributed by atoms with Crippen molar-refractivity contribution in [3.63, 3.8) is 0 Å². The lowest BCUT2D eigenvalue weighted by molar-refractivity contribution is -0.137. The molecule has 3 rings (SSSR count). The van der Waals surface area contributed by atoms with E-state index in [9.17, 15) is 27.9 Å². The molecular formula is C19H13F3N3O3. The maximum Gasteiger partial charge on any atom is 0.417 e. The van der Waals surface area contributed by atoms with Crippen LogP contribution in [-0.4, -0.2) is 28.7 Å².